The van der Waals surface area contributed by atoms with Crippen molar-refractivity contribution >= 4 is 6.09 Å². The van der Waals surface area contributed by atoms with Gasteiger partial charge in [0, 0.05) is 6.54 Å². The van der Waals surface area contributed by atoms with Crippen LogP contribution in [0.5, 0.6) is 0 Å². The summed E-state index contributed by atoms with van der Waals surface area (Å²) in [5.41, 5.74) is 1.18. The zero-order valence-corrected chi connectivity index (χ0v) is 8.14. The fourth-order valence-electron chi connectivity index (χ4n) is 1.51. The molecule has 1 heterocycles. The molecule has 1 amide bonds. The van der Waals surface area contributed by atoms with Crippen LogP contribution in [-0.2, 0) is 4.74 Å². The van der Waals surface area contributed by atoms with E-state index in [1.165, 1.54) is 5.56 Å². The molecule has 1 saturated heterocycles. The maximum absolute atomic E-state index is 11.3. The zero-order valence-electron chi connectivity index (χ0n) is 8.14. The third kappa shape index (κ3) is 1.71. The Balaban J connectivity index is 1.96. The van der Waals surface area contributed by atoms with Gasteiger partial charge in [-0.05, 0) is 12.5 Å². The van der Waals surface area contributed by atoms with Gasteiger partial charge in [-0.1, -0.05) is 30.3 Å². The highest BCUT2D eigenvalue weighted by Crippen LogP contribution is 2.34. The number of carbonyl (C=O) groups excluding carboxylic acids is 1. The highest BCUT2D eigenvalue weighted by molar-refractivity contribution is 5.71. The van der Waals surface area contributed by atoms with Gasteiger partial charge >= 0.3 is 6.09 Å². The molecule has 0 bridgehead atoms. The summed E-state index contributed by atoms with van der Waals surface area (Å²) < 4.78 is 4.90. The van der Waals surface area contributed by atoms with Crippen molar-refractivity contribution in [2.45, 2.75) is 13.0 Å². The molecule has 1 aromatic rings. The van der Waals surface area contributed by atoms with Gasteiger partial charge in [-0.3, -0.25) is 4.90 Å². The van der Waals surface area contributed by atoms with Crippen LogP contribution in [0, 0.1) is 0 Å². The predicted molar refractivity (Wildman–Crippen MR) is 52.9 cm³/mol. The molecule has 3 heteroatoms. The minimum atomic E-state index is -0.207. The van der Waals surface area contributed by atoms with Gasteiger partial charge < -0.3 is 4.74 Å². The van der Waals surface area contributed by atoms with Crippen LogP contribution in [0.1, 0.15) is 18.5 Å². The lowest BCUT2D eigenvalue weighted by Crippen LogP contribution is -2.12. The molecule has 0 N–H and O–H groups in total. The fourth-order valence-corrected chi connectivity index (χ4v) is 1.51. The van der Waals surface area contributed by atoms with Crippen molar-refractivity contribution in [2.75, 3.05) is 13.2 Å². The topological polar surface area (TPSA) is 29.3 Å². The van der Waals surface area contributed by atoms with Crippen molar-refractivity contribution in [2.24, 2.45) is 0 Å². The lowest BCUT2D eigenvalue weighted by atomic mass is 10.2. The number of ether oxygens (including phenoxy) is 1. The van der Waals surface area contributed by atoms with E-state index in [1.54, 1.807) is 4.90 Å². The van der Waals surface area contributed by atoms with Crippen molar-refractivity contribution in [3.63, 3.8) is 0 Å². The van der Waals surface area contributed by atoms with Crippen molar-refractivity contribution in [3.8, 4) is 0 Å². The highest BCUT2D eigenvalue weighted by Gasteiger charge is 2.40. The first-order chi connectivity index (χ1) is 6.83. The van der Waals surface area contributed by atoms with E-state index in [4.69, 9.17) is 4.74 Å². The molecule has 2 rings (SSSR count). The molecule has 1 atom stereocenters. The molecule has 1 fully saturated rings. The first-order valence-electron chi connectivity index (χ1n) is 4.81. The van der Waals surface area contributed by atoms with Crippen LogP contribution < -0.4 is 0 Å². The Morgan fingerprint density at radius 3 is 2.86 bits per heavy atom. The van der Waals surface area contributed by atoms with E-state index in [0.29, 0.717) is 6.61 Å². The smallest absolute Gasteiger partial charge is 0.410 e. The lowest BCUT2D eigenvalue weighted by Gasteiger charge is -2.03. The number of hydrogen-bond acceptors (Lipinski definition) is 2. The van der Waals surface area contributed by atoms with Crippen LogP contribution in [0.15, 0.2) is 30.3 Å². The third-order valence-electron chi connectivity index (χ3n) is 2.30. The molecule has 74 valence electrons. The third-order valence-corrected chi connectivity index (χ3v) is 2.30. The van der Waals surface area contributed by atoms with E-state index in [-0.39, 0.29) is 12.1 Å². The van der Waals surface area contributed by atoms with Gasteiger partial charge in [0.15, 0.2) is 0 Å². The Hall–Kier alpha value is -1.51. The van der Waals surface area contributed by atoms with Gasteiger partial charge in [0.25, 0.3) is 0 Å². The molecule has 0 radical (unpaired) electrons. The Morgan fingerprint density at radius 1 is 1.50 bits per heavy atom. The largest absolute Gasteiger partial charge is 0.450 e. The SMILES string of the molecule is CCOC(=O)N1CC1c1ccccc1. The van der Waals surface area contributed by atoms with Crippen molar-refractivity contribution < 1.29 is 9.53 Å². The summed E-state index contributed by atoms with van der Waals surface area (Å²) >= 11 is 0. The molecule has 1 aliphatic rings. The molecular weight excluding hydrogens is 178 g/mol. The van der Waals surface area contributed by atoms with Crippen LogP contribution in [0.25, 0.3) is 0 Å². The molecule has 0 aromatic heterocycles. The van der Waals surface area contributed by atoms with Crippen LogP contribution in [0.3, 0.4) is 0 Å². The molecule has 0 aliphatic carbocycles. The maximum Gasteiger partial charge on any atom is 0.410 e. The number of hydrogen-bond donors (Lipinski definition) is 0. The molecular formula is C11H13NO2. The monoisotopic (exact) mass is 191 g/mol. The van der Waals surface area contributed by atoms with Crippen LogP contribution in [-0.4, -0.2) is 24.1 Å². The Labute approximate surface area is 83.3 Å². The van der Waals surface area contributed by atoms with Crippen molar-refractivity contribution in [3.05, 3.63) is 35.9 Å². The Bertz CT molecular complexity index is 323. The number of amides is 1. The maximum atomic E-state index is 11.3. The quantitative estimate of drug-likeness (QED) is 0.670. The summed E-state index contributed by atoms with van der Waals surface area (Å²) in [5.74, 6) is 0. The summed E-state index contributed by atoms with van der Waals surface area (Å²) in [7, 11) is 0. The molecule has 14 heavy (non-hydrogen) atoms. The number of nitrogens with zero attached hydrogens (tertiary/aromatic N) is 1. The van der Waals surface area contributed by atoms with Crippen LogP contribution >= 0.6 is 0 Å². The first kappa shape index (κ1) is 9.06. The molecule has 3 nitrogen and oxygen atoms in total. The van der Waals surface area contributed by atoms with Crippen molar-refractivity contribution in [1.29, 1.82) is 0 Å². The summed E-state index contributed by atoms with van der Waals surface area (Å²) in [6.45, 7) is 3.04. The van der Waals surface area contributed by atoms with Crippen LogP contribution in [0.2, 0.25) is 0 Å². The molecule has 0 spiro atoms. The van der Waals surface area contributed by atoms with E-state index in [1.807, 2.05) is 37.3 Å². The van der Waals surface area contributed by atoms with E-state index in [0.717, 1.165) is 6.54 Å². The standard InChI is InChI=1S/C11H13NO2/c1-2-14-11(13)12-8-10(12)9-6-4-3-5-7-9/h3-7,10H,2,8H2,1H3. The minimum absolute atomic E-state index is 0.207. The fraction of sp³-hybridized carbons (Fsp3) is 0.364. The average molecular weight is 191 g/mol. The van der Waals surface area contributed by atoms with Gasteiger partial charge in [-0.25, -0.2) is 4.79 Å². The highest BCUT2D eigenvalue weighted by atomic mass is 16.6. The number of benzene rings is 1. The molecule has 1 aliphatic heterocycles. The lowest BCUT2D eigenvalue weighted by molar-refractivity contribution is 0.134. The normalized spacial score (nSPS) is 19.2. The minimum Gasteiger partial charge on any atom is -0.450 e. The predicted octanol–water partition coefficient (Wildman–Crippen LogP) is 2.20. The number of rotatable bonds is 2. The second-order valence-electron chi connectivity index (χ2n) is 3.28. The summed E-state index contributed by atoms with van der Waals surface area (Å²) in [5, 5.41) is 0. The summed E-state index contributed by atoms with van der Waals surface area (Å²) in [4.78, 5) is 13.0. The van der Waals surface area contributed by atoms with Gasteiger partial charge in [0.2, 0.25) is 0 Å². The summed E-state index contributed by atoms with van der Waals surface area (Å²) in [6, 6.07) is 10.2. The Morgan fingerprint density at radius 2 is 2.21 bits per heavy atom. The summed E-state index contributed by atoms with van der Waals surface area (Å²) in [6.07, 6.45) is -0.207. The van der Waals surface area contributed by atoms with E-state index in [9.17, 15) is 4.79 Å². The van der Waals surface area contributed by atoms with Gasteiger partial charge in [-0.2, -0.15) is 0 Å². The van der Waals surface area contributed by atoms with Gasteiger partial charge in [-0.15, -0.1) is 0 Å². The molecule has 1 unspecified atom stereocenters. The first-order valence-corrected chi connectivity index (χ1v) is 4.81. The number of carbonyl (C=O) groups is 1. The molecule has 0 saturated carbocycles. The second-order valence-corrected chi connectivity index (χ2v) is 3.28. The average Bonchev–Trinajstić information content (AvgIpc) is 2.99. The van der Waals surface area contributed by atoms with E-state index < -0.39 is 0 Å². The Kier molecular flexibility index (Phi) is 2.39. The van der Waals surface area contributed by atoms with Gasteiger partial charge in [0.05, 0.1) is 12.6 Å². The molecule has 1 aromatic carbocycles. The van der Waals surface area contributed by atoms with Crippen LogP contribution in [0.4, 0.5) is 4.79 Å². The van der Waals surface area contributed by atoms with Crippen molar-refractivity contribution in [1.82, 2.24) is 4.90 Å². The second kappa shape index (κ2) is 3.70. The zero-order chi connectivity index (χ0) is 9.97. The van der Waals surface area contributed by atoms with E-state index >= 15 is 0 Å². The van der Waals surface area contributed by atoms with Gasteiger partial charge in [0.1, 0.15) is 0 Å². The van der Waals surface area contributed by atoms with E-state index in [2.05, 4.69) is 0 Å².